The molecule has 0 amide bonds. The molecule has 2 rings (SSSR count). The van der Waals surface area contributed by atoms with Crippen LogP contribution in [-0.2, 0) is 0 Å². The van der Waals surface area contributed by atoms with Crippen LogP contribution in [0.1, 0.15) is 31.4 Å². The molecule has 1 aliphatic heterocycles. The van der Waals surface area contributed by atoms with E-state index >= 15 is 0 Å². The van der Waals surface area contributed by atoms with Crippen molar-refractivity contribution >= 4 is 5.82 Å². The van der Waals surface area contributed by atoms with E-state index in [9.17, 15) is 0 Å². The topological polar surface area (TPSA) is 29.0 Å². The van der Waals surface area contributed by atoms with E-state index in [1.807, 2.05) is 6.92 Å². The van der Waals surface area contributed by atoms with Gasteiger partial charge < -0.3 is 4.90 Å². The van der Waals surface area contributed by atoms with Crippen molar-refractivity contribution in [3.8, 4) is 0 Å². The Bertz CT molecular complexity index is 290. The van der Waals surface area contributed by atoms with Gasteiger partial charge in [0.1, 0.15) is 12.1 Å². The molecule has 0 bridgehead atoms. The molecule has 3 nitrogen and oxygen atoms in total. The minimum absolute atomic E-state index is 1.05. The van der Waals surface area contributed by atoms with Gasteiger partial charge in [0.05, 0.1) is 0 Å². The smallest absolute Gasteiger partial charge is 0.132 e. The van der Waals surface area contributed by atoms with E-state index in [1.165, 1.54) is 25.7 Å². The zero-order chi connectivity index (χ0) is 9.80. The molecule has 0 aliphatic carbocycles. The van der Waals surface area contributed by atoms with Crippen LogP contribution < -0.4 is 4.90 Å². The van der Waals surface area contributed by atoms with Crippen molar-refractivity contribution in [2.24, 2.45) is 0 Å². The van der Waals surface area contributed by atoms with Crippen molar-refractivity contribution in [3.05, 3.63) is 18.1 Å². The molecule has 1 aliphatic rings. The fraction of sp³-hybridized carbons (Fsp3) is 0.636. The summed E-state index contributed by atoms with van der Waals surface area (Å²) in [4.78, 5) is 10.8. The average molecular weight is 191 g/mol. The molecule has 0 N–H and O–H groups in total. The van der Waals surface area contributed by atoms with Crippen LogP contribution in [0.25, 0.3) is 0 Å². The molecule has 0 radical (unpaired) electrons. The van der Waals surface area contributed by atoms with Crippen molar-refractivity contribution in [2.75, 3.05) is 18.0 Å². The molecule has 0 aromatic carbocycles. The maximum absolute atomic E-state index is 4.32. The van der Waals surface area contributed by atoms with Gasteiger partial charge in [0.25, 0.3) is 0 Å². The van der Waals surface area contributed by atoms with Crippen molar-refractivity contribution < 1.29 is 0 Å². The Balaban J connectivity index is 2.12. The number of hydrogen-bond donors (Lipinski definition) is 0. The second-order valence-corrected chi connectivity index (χ2v) is 3.92. The van der Waals surface area contributed by atoms with Crippen LogP contribution in [-0.4, -0.2) is 23.1 Å². The zero-order valence-corrected chi connectivity index (χ0v) is 8.74. The largest absolute Gasteiger partial charge is 0.357 e. The van der Waals surface area contributed by atoms with Crippen LogP contribution in [0.4, 0.5) is 5.82 Å². The molecule has 3 heteroatoms. The minimum atomic E-state index is 1.05. The average Bonchev–Trinajstić information content (AvgIpc) is 2.45. The Morgan fingerprint density at radius 1 is 1.07 bits per heavy atom. The van der Waals surface area contributed by atoms with E-state index in [1.54, 1.807) is 6.33 Å². The van der Waals surface area contributed by atoms with E-state index in [-0.39, 0.29) is 0 Å². The lowest BCUT2D eigenvalue weighted by atomic mass is 10.2. The van der Waals surface area contributed by atoms with Crippen LogP contribution in [0.2, 0.25) is 0 Å². The highest BCUT2D eigenvalue weighted by molar-refractivity contribution is 5.38. The molecule has 2 heterocycles. The fourth-order valence-electron chi connectivity index (χ4n) is 1.91. The van der Waals surface area contributed by atoms with Gasteiger partial charge in [0.2, 0.25) is 0 Å². The SMILES string of the molecule is Cc1cc(N2CCCCCC2)ncn1. The van der Waals surface area contributed by atoms with Gasteiger partial charge in [-0.05, 0) is 19.8 Å². The van der Waals surface area contributed by atoms with Crippen molar-refractivity contribution in [2.45, 2.75) is 32.6 Å². The quantitative estimate of drug-likeness (QED) is 0.681. The lowest BCUT2D eigenvalue weighted by Gasteiger charge is -2.21. The predicted molar refractivity (Wildman–Crippen MR) is 57.5 cm³/mol. The summed E-state index contributed by atoms with van der Waals surface area (Å²) >= 11 is 0. The Hall–Kier alpha value is -1.12. The molecule has 14 heavy (non-hydrogen) atoms. The zero-order valence-electron chi connectivity index (χ0n) is 8.74. The van der Waals surface area contributed by atoms with Crippen LogP contribution in [0, 0.1) is 6.92 Å². The summed E-state index contributed by atoms with van der Waals surface area (Å²) in [5, 5.41) is 0. The summed E-state index contributed by atoms with van der Waals surface area (Å²) in [6.45, 7) is 4.32. The molecule has 1 saturated heterocycles. The van der Waals surface area contributed by atoms with Gasteiger partial charge >= 0.3 is 0 Å². The van der Waals surface area contributed by atoms with Crippen LogP contribution in [0.5, 0.6) is 0 Å². The monoisotopic (exact) mass is 191 g/mol. The summed E-state index contributed by atoms with van der Waals surface area (Å²) < 4.78 is 0. The molecule has 0 spiro atoms. The van der Waals surface area contributed by atoms with E-state index in [0.717, 1.165) is 24.6 Å². The van der Waals surface area contributed by atoms with Gasteiger partial charge in [-0.2, -0.15) is 0 Å². The number of nitrogens with zero attached hydrogens (tertiary/aromatic N) is 3. The van der Waals surface area contributed by atoms with Crippen molar-refractivity contribution in [1.82, 2.24) is 9.97 Å². The Kier molecular flexibility index (Phi) is 2.96. The predicted octanol–water partition coefficient (Wildman–Crippen LogP) is 2.17. The van der Waals surface area contributed by atoms with Gasteiger partial charge in [-0.25, -0.2) is 9.97 Å². The van der Waals surface area contributed by atoms with Crippen LogP contribution in [0.15, 0.2) is 12.4 Å². The van der Waals surface area contributed by atoms with Gasteiger partial charge in [-0.15, -0.1) is 0 Å². The maximum atomic E-state index is 4.32. The van der Waals surface area contributed by atoms with Gasteiger partial charge in [0.15, 0.2) is 0 Å². The third-order valence-electron chi connectivity index (χ3n) is 2.72. The molecule has 0 unspecified atom stereocenters. The summed E-state index contributed by atoms with van der Waals surface area (Å²) in [6, 6.07) is 2.07. The highest BCUT2D eigenvalue weighted by atomic mass is 15.2. The Morgan fingerprint density at radius 2 is 1.79 bits per heavy atom. The van der Waals surface area contributed by atoms with Gasteiger partial charge in [0, 0.05) is 24.8 Å². The number of aromatic nitrogens is 2. The summed E-state index contributed by atoms with van der Waals surface area (Å²) in [5.41, 5.74) is 1.05. The standard InChI is InChI=1S/C11H17N3/c1-10-8-11(13-9-12-10)14-6-4-2-3-5-7-14/h8-9H,2-7H2,1H3. The number of anilines is 1. The van der Waals surface area contributed by atoms with E-state index in [4.69, 9.17) is 0 Å². The van der Waals surface area contributed by atoms with E-state index in [2.05, 4.69) is 20.9 Å². The molecule has 0 saturated carbocycles. The lowest BCUT2D eigenvalue weighted by molar-refractivity contribution is 0.726. The van der Waals surface area contributed by atoms with Gasteiger partial charge in [-0.3, -0.25) is 0 Å². The molecule has 76 valence electrons. The Labute approximate surface area is 85.2 Å². The second kappa shape index (κ2) is 4.40. The number of rotatable bonds is 1. The van der Waals surface area contributed by atoms with Crippen molar-refractivity contribution in [1.29, 1.82) is 0 Å². The normalized spacial score (nSPS) is 17.9. The van der Waals surface area contributed by atoms with E-state index < -0.39 is 0 Å². The van der Waals surface area contributed by atoms with E-state index in [0.29, 0.717) is 0 Å². The first-order valence-electron chi connectivity index (χ1n) is 5.40. The van der Waals surface area contributed by atoms with Crippen LogP contribution in [0.3, 0.4) is 0 Å². The fourth-order valence-corrected chi connectivity index (χ4v) is 1.91. The van der Waals surface area contributed by atoms with Gasteiger partial charge in [-0.1, -0.05) is 12.8 Å². The summed E-state index contributed by atoms with van der Waals surface area (Å²) in [6.07, 6.45) is 6.97. The molecule has 1 fully saturated rings. The highest BCUT2D eigenvalue weighted by Crippen LogP contribution is 2.16. The lowest BCUT2D eigenvalue weighted by Crippen LogP contribution is -2.24. The second-order valence-electron chi connectivity index (χ2n) is 3.92. The maximum Gasteiger partial charge on any atom is 0.132 e. The third-order valence-corrected chi connectivity index (χ3v) is 2.72. The summed E-state index contributed by atoms with van der Waals surface area (Å²) in [5.74, 6) is 1.10. The molecule has 0 atom stereocenters. The first-order chi connectivity index (χ1) is 6.86. The Morgan fingerprint density at radius 3 is 2.43 bits per heavy atom. The van der Waals surface area contributed by atoms with Crippen LogP contribution >= 0.6 is 0 Å². The molecular weight excluding hydrogens is 174 g/mol. The number of aryl methyl sites for hydroxylation is 1. The molecular formula is C11H17N3. The molecule has 1 aromatic heterocycles. The third kappa shape index (κ3) is 2.22. The first-order valence-corrected chi connectivity index (χ1v) is 5.40. The minimum Gasteiger partial charge on any atom is -0.357 e. The highest BCUT2D eigenvalue weighted by Gasteiger charge is 2.10. The summed E-state index contributed by atoms with van der Waals surface area (Å²) in [7, 11) is 0. The first kappa shape index (κ1) is 9.44. The number of hydrogen-bond acceptors (Lipinski definition) is 3. The van der Waals surface area contributed by atoms with Crippen molar-refractivity contribution in [3.63, 3.8) is 0 Å². The molecule has 1 aromatic rings.